The van der Waals surface area contributed by atoms with Crippen LogP contribution in [-0.4, -0.2) is 27.0 Å². The lowest BCUT2D eigenvalue weighted by molar-refractivity contribution is 0.584. The summed E-state index contributed by atoms with van der Waals surface area (Å²) in [4.78, 5) is 0.278. The molecular formula is C13H23N3O2S. The molecule has 0 aliphatic carbocycles. The van der Waals surface area contributed by atoms with Crippen LogP contribution in [-0.2, 0) is 10.0 Å². The normalized spacial score (nSPS) is 14.9. The molecule has 2 unspecified atom stereocenters. The molecule has 1 aromatic carbocycles. The highest BCUT2D eigenvalue weighted by Crippen LogP contribution is 2.15. The Morgan fingerprint density at radius 2 is 1.79 bits per heavy atom. The van der Waals surface area contributed by atoms with Gasteiger partial charge >= 0.3 is 0 Å². The number of rotatable bonds is 7. The van der Waals surface area contributed by atoms with Gasteiger partial charge in [-0.2, -0.15) is 0 Å². The van der Waals surface area contributed by atoms with Crippen LogP contribution in [0.2, 0.25) is 0 Å². The van der Waals surface area contributed by atoms with E-state index in [2.05, 4.69) is 10.0 Å². The van der Waals surface area contributed by atoms with E-state index in [-0.39, 0.29) is 17.0 Å². The molecule has 0 spiro atoms. The Labute approximate surface area is 115 Å². The smallest absolute Gasteiger partial charge is 0.240 e. The number of benzene rings is 1. The summed E-state index contributed by atoms with van der Waals surface area (Å²) in [6.07, 6.45) is 0.859. The average molecular weight is 285 g/mol. The van der Waals surface area contributed by atoms with Crippen molar-refractivity contribution in [1.29, 1.82) is 0 Å². The fraction of sp³-hybridized carbons (Fsp3) is 0.538. The molecule has 0 aliphatic heterocycles. The van der Waals surface area contributed by atoms with Gasteiger partial charge in [-0.1, -0.05) is 6.92 Å². The SMILES string of the molecule is CCNS(=O)(=O)c1ccc(NC(C)CC(C)N)cc1. The molecule has 6 heteroatoms. The number of hydrogen-bond donors (Lipinski definition) is 3. The molecule has 19 heavy (non-hydrogen) atoms. The predicted octanol–water partition coefficient (Wildman–Crippen LogP) is 1.52. The monoisotopic (exact) mass is 285 g/mol. The molecule has 108 valence electrons. The summed E-state index contributed by atoms with van der Waals surface area (Å²) in [6.45, 7) is 6.15. The zero-order valence-corrected chi connectivity index (χ0v) is 12.5. The summed E-state index contributed by atoms with van der Waals surface area (Å²) in [5, 5.41) is 3.29. The minimum Gasteiger partial charge on any atom is -0.383 e. The molecule has 0 saturated heterocycles. The van der Waals surface area contributed by atoms with Crippen molar-refractivity contribution in [1.82, 2.24) is 4.72 Å². The van der Waals surface area contributed by atoms with Gasteiger partial charge in [0.2, 0.25) is 10.0 Å². The third-order valence-electron chi connectivity index (χ3n) is 2.64. The summed E-state index contributed by atoms with van der Waals surface area (Å²) in [6, 6.07) is 7.11. The Bertz CT molecular complexity index is 483. The first-order valence-corrected chi connectivity index (χ1v) is 7.95. The summed E-state index contributed by atoms with van der Waals surface area (Å²) >= 11 is 0. The third kappa shape index (κ3) is 5.18. The molecule has 0 aromatic heterocycles. The second-order valence-electron chi connectivity index (χ2n) is 4.78. The maximum atomic E-state index is 11.8. The molecular weight excluding hydrogens is 262 g/mol. The molecule has 0 radical (unpaired) electrons. The highest BCUT2D eigenvalue weighted by atomic mass is 32.2. The second kappa shape index (κ2) is 6.88. The van der Waals surface area contributed by atoms with E-state index in [9.17, 15) is 8.42 Å². The fourth-order valence-corrected chi connectivity index (χ4v) is 2.95. The molecule has 1 aromatic rings. The van der Waals surface area contributed by atoms with Crippen LogP contribution >= 0.6 is 0 Å². The average Bonchev–Trinajstić information content (AvgIpc) is 2.28. The van der Waals surface area contributed by atoms with Crippen LogP contribution in [0.25, 0.3) is 0 Å². The van der Waals surface area contributed by atoms with Crippen LogP contribution in [0.5, 0.6) is 0 Å². The number of nitrogens with one attached hydrogen (secondary N) is 2. The van der Waals surface area contributed by atoms with Crippen molar-refractivity contribution in [2.24, 2.45) is 5.73 Å². The van der Waals surface area contributed by atoms with E-state index in [1.807, 2.05) is 13.8 Å². The Kier molecular flexibility index (Phi) is 5.78. The molecule has 4 N–H and O–H groups in total. The van der Waals surface area contributed by atoms with Crippen LogP contribution in [0.4, 0.5) is 5.69 Å². The van der Waals surface area contributed by atoms with Crippen molar-refractivity contribution in [3.8, 4) is 0 Å². The molecule has 0 aliphatic rings. The van der Waals surface area contributed by atoms with Crippen molar-refractivity contribution < 1.29 is 8.42 Å². The highest BCUT2D eigenvalue weighted by molar-refractivity contribution is 7.89. The van der Waals surface area contributed by atoms with Gasteiger partial charge in [-0.15, -0.1) is 0 Å². The molecule has 0 fully saturated rings. The van der Waals surface area contributed by atoms with Crippen LogP contribution in [0, 0.1) is 0 Å². The summed E-state index contributed by atoms with van der Waals surface area (Å²) < 4.78 is 26.0. The Morgan fingerprint density at radius 1 is 1.21 bits per heavy atom. The van der Waals surface area contributed by atoms with E-state index < -0.39 is 10.0 Å². The predicted molar refractivity (Wildman–Crippen MR) is 78.7 cm³/mol. The van der Waals surface area contributed by atoms with Crippen molar-refractivity contribution >= 4 is 15.7 Å². The number of anilines is 1. The maximum absolute atomic E-state index is 11.8. The minimum atomic E-state index is -3.37. The van der Waals surface area contributed by atoms with Crippen molar-refractivity contribution in [2.45, 2.75) is 44.2 Å². The number of hydrogen-bond acceptors (Lipinski definition) is 4. The zero-order valence-electron chi connectivity index (χ0n) is 11.7. The van der Waals surface area contributed by atoms with Crippen LogP contribution < -0.4 is 15.8 Å². The summed E-state index contributed by atoms with van der Waals surface area (Å²) in [7, 11) is -3.37. The van der Waals surface area contributed by atoms with Gasteiger partial charge in [0.25, 0.3) is 0 Å². The molecule has 0 saturated carbocycles. The highest BCUT2D eigenvalue weighted by Gasteiger charge is 2.12. The van der Waals surface area contributed by atoms with Crippen molar-refractivity contribution in [2.75, 3.05) is 11.9 Å². The van der Waals surface area contributed by atoms with E-state index in [0.29, 0.717) is 6.54 Å². The first-order chi connectivity index (χ1) is 8.85. The van der Waals surface area contributed by atoms with Crippen molar-refractivity contribution in [3.05, 3.63) is 24.3 Å². The zero-order chi connectivity index (χ0) is 14.5. The van der Waals surface area contributed by atoms with Gasteiger partial charge in [0.1, 0.15) is 0 Å². The molecule has 0 bridgehead atoms. The summed E-state index contributed by atoms with van der Waals surface area (Å²) in [5.41, 5.74) is 6.63. The van der Waals surface area contributed by atoms with E-state index in [1.165, 1.54) is 0 Å². The Balaban J connectivity index is 2.72. The topological polar surface area (TPSA) is 84.2 Å². The van der Waals surface area contributed by atoms with E-state index >= 15 is 0 Å². The fourth-order valence-electron chi connectivity index (χ4n) is 1.90. The maximum Gasteiger partial charge on any atom is 0.240 e. The standard InChI is InChI=1S/C13H23N3O2S/c1-4-15-19(17,18)13-7-5-12(6-8-13)16-11(3)9-10(2)14/h5-8,10-11,15-16H,4,9,14H2,1-3H3. The molecule has 5 nitrogen and oxygen atoms in total. The van der Waals surface area contributed by atoms with Gasteiger partial charge in [0, 0.05) is 24.3 Å². The van der Waals surface area contributed by atoms with Gasteiger partial charge in [-0.05, 0) is 44.5 Å². The van der Waals surface area contributed by atoms with Gasteiger partial charge in [0.05, 0.1) is 4.90 Å². The quantitative estimate of drug-likeness (QED) is 0.709. The van der Waals surface area contributed by atoms with E-state index in [0.717, 1.165) is 12.1 Å². The van der Waals surface area contributed by atoms with Crippen LogP contribution in [0.15, 0.2) is 29.2 Å². The van der Waals surface area contributed by atoms with Gasteiger partial charge in [-0.25, -0.2) is 13.1 Å². The second-order valence-corrected chi connectivity index (χ2v) is 6.55. The lowest BCUT2D eigenvalue weighted by Gasteiger charge is -2.17. The number of nitrogens with two attached hydrogens (primary N) is 1. The Hall–Kier alpha value is -1.11. The molecule has 2 atom stereocenters. The van der Waals surface area contributed by atoms with Crippen molar-refractivity contribution in [3.63, 3.8) is 0 Å². The summed E-state index contributed by atoms with van der Waals surface area (Å²) in [5.74, 6) is 0. The van der Waals surface area contributed by atoms with E-state index in [4.69, 9.17) is 5.73 Å². The lowest BCUT2D eigenvalue weighted by Crippen LogP contribution is -2.26. The van der Waals surface area contributed by atoms with E-state index in [1.54, 1.807) is 31.2 Å². The third-order valence-corrected chi connectivity index (χ3v) is 4.20. The lowest BCUT2D eigenvalue weighted by atomic mass is 10.1. The molecule has 0 amide bonds. The van der Waals surface area contributed by atoms with Gasteiger partial charge in [-0.3, -0.25) is 0 Å². The van der Waals surface area contributed by atoms with Crippen LogP contribution in [0.3, 0.4) is 0 Å². The Morgan fingerprint density at radius 3 is 2.26 bits per heavy atom. The molecule has 0 heterocycles. The van der Waals surface area contributed by atoms with Gasteiger partial charge in [0.15, 0.2) is 0 Å². The largest absolute Gasteiger partial charge is 0.383 e. The number of sulfonamides is 1. The molecule has 1 rings (SSSR count). The first-order valence-electron chi connectivity index (χ1n) is 6.47. The minimum absolute atomic E-state index is 0.135. The van der Waals surface area contributed by atoms with Gasteiger partial charge < -0.3 is 11.1 Å². The van der Waals surface area contributed by atoms with Crippen LogP contribution in [0.1, 0.15) is 27.2 Å². The first kappa shape index (κ1) is 15.9.